The number of amides is 1. The summed E-state index contributed by atoms with van der Waals surface area (Å²) in [5.74, 6) is 1.20. The van der Waals surface area contributed by atoms with Crippen molar-refractivity contribution in [3.8, 4) is 11.5 Å². The number of ether oxygens (including phenoxy) is 2. The van der Waals surface area contributed by atoms with Gasteiger partial charge in [0.05, 0.1) is 31.6 Å². The molecule has 6 heteroatoms. The summed E-state index contributed by atoms with van der Waals surface area (Å²) >= 11 is 0. The highest BCUT2D eigenvalue weighted by atomic mass is 16.5. The summed E-state index contributed by atoms with van der Waals surface area (Å²) in [7, 11) is 3.17. The highest BCUT2D eigenvalue weighted by molar-refractivity contribution is 6.06. The summed E-state index contributed by atoms with van der Waals surface area (Å²) in [6.45, 7) is 1.84. The van der Waals surface area contributed by atoms with Crippen molar-refractivity contribution in [3.63, 3.8) is 0 Å². The first-order chi connectivity index (χ1) is 14.6. The Morgan fingerprint density at radius 1 is 1.10 bits per heavy atom. The lowest BCUT2D eigenvalue weighted by molar-refractivity contribution is -0.118. The number of para-hydroxylation sites is 2. The molecule has 0 bridgehead atoms. The first-order valence-corrected chi connectivity index (χ1v) is 10.2. The van der Waals surface area contributed by atoms with Gasteiger partial charge in [-0.3, -0.25) is 14.5 Å². The predicted molar refractivity (Wildman–Crippen MR) is 116 cm³/mol. The number of nitrogens with one attached hydrogen (secondary N) is 1. The highest BCUT2D eigenvalue weighted by Gasteiger charge is 2.39. The van der Waals surface area contributed by atoms with Crippen LogP contribution in [0.2, 0.25) is 0 Å². The number of allylic oxidation sites excluding steroid dienone is 1. The molecular weight excluding hydrogens is 380 g/mol. The van der Waals surface area contributed by atoms with Gasteiger partial charge in [0.15, 0.2) is 17.3 Å². The molecule has 2 aromatic carbocycles. The van der Waals surface area contributed by atoms with E-state index in [1.807, 2.05) is 49.4 Å². The molecule has 1 heterocycles. The number of carbonyl (C=O) groups is 2. The van der Waals surface area contributed by atoms with E-state index in [2.05, 4.69) is 5.32 Å². The van der Waals surface area contributed by atoms with Gasteiger partial charge in [-0.15, -0.1) is 0 Å². The Kier molecular flexibility index (Phi) is 5.48. The zero-order valence-corrected chi connectivity index (χ0v) is 17.5. The fourth-order valence-corrected chi connectivity index (χ4v) is 4.32. The molecular formula is C24H26N2O4. The number of ketones is 1. The van der Waals surface area contributed by atoms with Gasteiger partial charge in [0.1, 0.15) is 0 Å². The number of benzene rings is 2. The summed E-state index contributed by atoms with van der Waals surface area (Å²) in [5, 5.41) is 3.46. The maximum Gasteiger partial charge on any atom is 0.227 e. The molecule has 1 N–H and O–H groups in total. The number of methoxy groups -OCH3 is 2. The minimum absolute atomic E-state index is 0.0452. The van der Waals surface area contributed by atoms with Crippen LogP contribution in [-0.4, -0.2) is 25.9 Å². The van der Waals surface area contributed by atoms with Crippen molar-refractivity contribution in [3.05, 3.63) is 59.3 Å². The molecule has 2 aromatic rings. The molecule has 156 valence electrons. The number of rotatable bonds is 4. The van der Waals surface area contributed by atoms with Gasteiger partial charge in [-0.25, -0.2) is 0 Å². The van der Waals surface area contributed by atoms with Crippen molar-refractivity contribution >= 4 is 23.1 Å². The zero-order valence-electron chi connectivity index (χ0n) is 17.5. The molecule has 1 amide bonds. The molecule has 1 atom stereocenters. The van der Waals surface area contributed by atoms with Crippen molar-refractivity contribution < 1.29 is 19.1 Å². The molecule has 30 heavy (non-hydrogen) atoms. The first kappa shape index (κ1) is 20.0. The van der Waals surface area contributed by atoms with Gasteiger partial charge in [-0.1, -0.05) is 25.1 Å². The maximum atomic E-state index is 13.2. The number of Topliss-reactive ketones (excluding diaryl/α,β-unsaturated/α-hetero) is 1. The van der Waals surface area contributed by atoms with Gasteiger partial charge in [-0.2, -0.15) is 0 Å². The Morgan fingerprint density at radius 3 is 2.60 bits per heavy atom. The van der Waals surface area contributed by atoms with E-state index >= 15 is 0 Å². The molecule has 6 nitrogen and oxygen atoms in total. The van der Waals surface area contributed by atoms with Crippen LogP contribution in [0.5, 0.6) is 11.5 Å². The number of hydrogen-bond acceptors (Lipinski definition) is 5. The average molecular weight is 406 g/mol. The van der Waals surface area contributed by atoms with Crippen molar-refractivity contribution in [2.24, 2.45) is 0 Å². The Morgan fingerprint density at radius 2 is 1.87 bits per heavy atom. The number of hydrogen-bond donors (Lipinski definition) is 1. The Balaban J connectivity index is 1.99. The lowest BCUT2D eigenvalue weighted by Crippen LogP contribution is -2.37. The normalized spacial score (nSPS) is 18.2. The molecule has 0 fully saturated rings. The summed E-state index contributed by atoms with van der Waals surface area (Å²) in [6, 6.07) is 12.8. The summed E-state index contributed by atoms with van der Waals surface area (Å²) in [6.07, 6.45) is 2.38. The molecule has 0 aromatic heterocycles. The van der Waals surface area contributed by atoms with Crippen molar-refractivity contribution in [1.82, 2.24) is 0 Å². The van der Waals surface area contributed by atoms with Gasteiger partial charge in [0, 0.05) is 24.1 Å². The van der Waals surface area contributed by atoms with E-state index in [-0.39, 0.29) is 11.7 Å². The molecule has 4 rings (SSSR count). The standard InChI is InChI=1S/C24H26N2O4/c1-4-22(28)26-18-10-6-5-8-16(18)25-17-9-7-11-19(27)23(17)24(26)15-12-13-20(29-2)21(14-15)30-3/h5-6,8,10,12-14,24-25H,4,7,9,11H2,1-3H3/t24-/m1/s1. The molecule has 0 unspecified atom stereocenters. The van der Waals surface area contributed by atoms with Gasteiger partial charge < -0.3 is 14.8 Å². The SMILES string of the molecule is CCC(=O)N1c2ccccc2NC2=C(C(=O)CCC2)[C@H]1c1ccc(OC)c(OC)c1. The molecule has 0 spiro atoms. The lowest BCUT2D eigenvalue weighted by Gasteiger charge is -2.34. The number of nitrogens with zero attached hydrogens (tertiary/aromatic N) is 1. The van der Waals surface area contributed by atoms with Crippen LogP contribution < -0.4 is 19.7 Å². The van der Waals surface area contributed by atoms with Crippen LogP contribution >= 0.6 is 0 Å². The van der Waals surface area contributed by atoms with Crippen LogP contribution in [0.3, 0.4) is 0 Å². The quantitative estimate of drug-likeness (QED) is 0.802. The number of fused-ring (bicyclic) bond motifs is 1. The molecule has 1 aliphatic carbocycles. The van der Waals surface area contributed by atoms with Gasteiger partial charge in [0.25, 0.3) is 0 Å². The topological polar surface area (TPSA) is 67.9 Å². The summed E-state index contributed by atoms with van der Waals surface area (Å²) < 4.78 is 10.9. The number of anilines is 2. The van der Waals surface area contributed by atoms with E-state index in [4.69, 9.17) is 9.47 Å². The van der Waals surface area contributed by atoms with Crippen LogP contribution in [0, 0.1) is 0 Å². The monoisotopic (exact) mass is 406 g/mol. The average Bonchev–Trinajstić information content (AvgIpc) is 2.93. The Bertz CT molecular complexity index is 1030. The number of carbonyl (C=O) groups excluding carboxylic acids is 2. The van der Waals surface area contributed by atoms with Gasteiger partial charge in [0.2, 0.25) is 5.91 Å². The lowest BCUT2D eigenvalue weighted by atomic mass is 9.85. The van der Waals surface area contributed by atoms with E-state index < -0.39 is 6.04 Å². The predicted octanol–water partition coefficient (Wildman–Crippen LogP) is 4.62. The van der Waals surface area contributed by atoms with Crippen LogP contribution in [0.1, 0.15) is 44.2 Å². The van der Waals surface area contributed by atoms with Gasteiger partial charge >= 0.3 is 0 Å². The molecule has 1 aliphatic heterocycles. The zero-order chi connectivity index (χ0) is 21.3. The summed E-state index contributed by atoms with van der Waals surface area (Å²) in [4.78, 5) is 28.2. The second kappa shape index (κ2) is 8.22. The van der Waals surface area contributed by atoms with Crippen molar-refractivity contribution in [2.75, 3.05) is 24.4 Å². The molecule has 0 saturated carbocycles. The maximum absolute atomic E-state index is 13.2. The van der Waals surface area contributed by atoms with E-state index in [0.717, 1.165) is 35.5 Å². The van der Waals surface area contributed by atoms with Crippen molar-refractivity contribution in [1.29, 1.82) is 0 Å². The van der Waals surface area contributed by atoms with Crippen molar-refractivity contribution in [2.45, 2.75) is 38.6 Å². The Labute approximate surface area is 176 Å². The third kappa shape index (κ3) is 3.32. The Hall–Kier alpha value is -3.28. The van der Waals surface area contributed by atoms with Crippen LogP contribution in [0.4, 0.5) is 11.4 Å². The van der Waals surface area contributed by atoms with Crippen LogP contribution in [-0.2, 0) is 9.59 Å². The molecule has 0 radical (unpaired) electrons. The van der Waals surface area contributed by atoms with E-state index in [1.54, 1.807) is 19.1 Å². The second-order valence-electron chi connectivity index (χ2n) is 7.45. The van der Waals surface area contributed by atoms with Gasteiger partial charge in [-0.05, 0) is 42.7 Å². The fourth-order valence-electron chi connectivity index (χ4n) is 4.32. The third-order valence-electron chi connectivity index (χ3n) is 5.73. The second-order valence-corrected chi connectivity index (χ2v) is 7.45. The third-order valence-corrected chi connectivity index (χ3v) is 5.73. The van der Waals surface area contributed by atoms with E-state index in [0.29, 0.717) is 29.9 Å². The van der Waals surface area contributed by atoms with E-state index in [1.165, 1.54) is 0 Å². The van der Waals surface area contributed by atoms with Crippen LogP contribution in [0.25, 0.3) is 0 Å². The fraction of sp³-hybridized carbons (Fsp3) is 0.333. The first-order valence-electron chi connectivity index (χ1n) is 10.2. The molecule has 0 saturated heterocycles. The highest BCUT2D eigenvalue weighted by Crippen LogP contribution is 2.46. The smallest absolute Gasteiger partial charge is 0.227 e. The summed E-state index contributed by atoms with van der Waals surface area (Å²) in [5.41, 5.74) is 3.97. The minimum Gasteiger partial charge on any atom is -0.493 e. The van der Waals surface area contributed by atoms with Crippen LogP contribution in [0.15, 0.2) is 53.7 Å². The largest absolute Gasteiger partial charge is 0.493 e. The minimum atomic E-state index is -0.531. The van der Waals surface area contributed by atoms with E-state index in [9.17, 15) is 9.59 Å². The molecule has 2 aliphatic rings.